The van der Waals surface area contributed by atoms with Gasteiger partial charge in [-0.2, -0.15) is 18.4 Å². The van der Waals surface area contributed by atoms with Gasteiger partial charge in [-0.25, -0.2) is 4.68 Å². The molecule has 0 radical (unpaired) electrons. The minimum absolute atomic E-state index is 0.0294. The maximum atomic E-state index is 13.2. The van der Waals surface area contributed by atoms with E-state index in [4.69, 9.17) is 5.26 Å². The number of anilines is 1. The largest absolute Gasteiger partial charge is 0.417 e. The first-order chi connectivity index (χ1) is 11.9. The van der Waals surface area contributed by atoms with E-state index in [0.717, 1.165) is 24.6 Å². The Morgan fingerprint density at radius 3 is 2.80 bits per heavy atom. The molecule has 25 heavy (non-hydrogen) atoms. The van der Waals surface area contributed by atoms with Crippen molar-refractivity contribution in [3.05, 3.63) is 47.8 Å². The average Bonchev–Trinajstić information content (AvgIpc) is 3.26. The van der Waals surface area contributed by atoms with Crippen LogP contribution in [-0.2, 0) is 6.18 Å². The first-order valence-electron chi connectivity index (χ1n) is 7.89. The van der Waals surface area contributed by atoms with E-state index in [-0.39, 0.29) is 11.6 Å². The maximum absolute atomic E-state index is 13.2. The summed E-state index contributed by atoms with van der Waals surface area (Å²) in [7, 11) is 0. The normalized spacial score (nSPS) is 17.2. The zero-order valence-corrected chi connectivity index (χ0v) is 13.5. The molecule has 8 heteroatoms. The molecular weight excluding hydrogens is 331 g/mol. The summed E-state index contributed by atoms with van der Waals surface area (Å²) < 4.78 is 41.3. The topological polar surface area (TPSA) is 57.7 Å². The van der Waals surface area contributed by atoms with Crippen molar-refractivity contribution < 1.29 is 13.2 Å². The van der Waals surface area contributed by atoms with Crippen LogP contribution in [-0.4, -0.2) is 27.6 Å². The summed E-state index contributed by atoms with van der Waals surface area (Å²) in [6, 6.07) is 5.44. The van der Waals surface area contributed by atoms with Gasteiger partial charge in [0.15, 0.2) is 0 Å². The third-order valence-corrected chi connectivity index (χ3v) is 4.30. The van der Waals surface area contributed by atoms with Crippen LogP contribution in [0.5, 0.6) is 0 Å². The summed E-state index contributed by atoms with van der Waals surface area (Å²) in [4.78, 5) is 1.90. The van der Waals surface area contributed by atoms with Crippen LogP contribution in [0.1, 0.15) is 30.9 Å². The van der Waals surface area contributed by atoms with Crippen molar-refractivity contribution in [2.75, 3.05) is 11.4 Å². The molecule has 0 saturated carbocycles. The van der Waals surface area contributed by atoms with Gasteiger partial charge in [0.25, 0.3) is 0 Å². The lowest BCUT2D eigenvalue weighted by Crippen LogP contribution is -2.32. The Morgan fingerprint density at radius 2 is 2.20 bits per heavy atom. The molecule has 130 valence electrons. The molecule has 0 bridgehead atoms. The fourth-order valence-corrected chi connectivity index (χ4v) is 3.13. The standard InChI is InChI=1S/C17H16F3N5/c1-2-24(13-5-6-15(9-13)25-8-7-22-23-25)14-4-3-12(11-21)16(10-14)17(18,19)20/h3-4,7-10,13H,2,5-6H2,1H3. The minimum atomic E-state index is -4.56. The first kappa shape index (κ1) is 17.0. The third kappa shape index (κ3) is 3.36. The predicted octanol–water partition coefficient (Wildman–Crippen LogP) is 3.70. The quantitative estimate of drug-likeness (QED) is 0.846. The van der Waals surface area contributed by atoms with Gasteiger partial charge < -0.3 is 4.90 Å². The van der Waals surface area contributed by atoms with Gasteiger partial charge in [0, 0.05) is 24.0 Å². The summed E-state index contributed by atoms with van der Waals surface area (Å²) in [6.07, 6.45) is 2.33. The van der Waals surface area contributed by atoms with E-state index in [1.54, 1.807) is 29.2 Å². The lowest BCUT2D eigenvalue weighted by Gasteiger charge is -2.29. The van der Waals surface area contributed by atoms with Crippen LogP contribution in [0.2, 0.25) is 0 Å². The van der Waals surface area contributed by atoms with E-state index < -0.39 is 11.7 Å². The number of nitriles is 1. The minimum Gasteiger partial charge on any atom is -0.365 e. The highest BCUT2D eigenvalue weighted by atomic mass is 19.4. The zero-order valence-electron chi connectivity index (χ0n) is 13.5. The molecule has 1 aliphatic carbocycles. The smallest absolute Gasteiger partial charge is 0.365 e. The van der Waals surface area contributed by atoms with Gasteiger partial charge in [0.1, 0.15) is 0 Å². The monoisotopic (exact) mass is 347 g/mol. The lowest BCUT2D eigenvalue weighted by molar-refractivity contribution is -0.137. The van der Waals surface area contributed by atoms with Crippen LogP contribution in [0.4, 0.5) is 18.9 Å². The van der Waals surface area contributed by atoms with Crippen molar-refractivity contribution in [3.63, 3.8) is 0 Å². The Labute approximate surface area is 143 Å². The molecule has 3 rings (SSSR count). The molecule has 0 aliphatic heterocycles. The third-order valence-electron chi connectivity index (χ3n) is 4.30. The predicted molar refractivity (Wildman–Crippen MR) is 86.5 cm³/mol. The summed E-state index contributed by atoms with van der Waals surface area (Å²) >= 11 is 0. The molecule has 1 heterocycles. The molecule has 0 amide bonds. The van der Waals surface area contributed by atoms with Crippen molar-refractivity contribution in [1.29, 1.82) is 5.26 Å². The first-order valence-corrected chi connectivity index (χ1v) is 7.89. The fraction of sp³-hybridized carbons (Fsp3) is 0.353. The molecule has 1 unspecified atom stereocenters. The van der Waals surface area contributed by atoms with E-state index >= 15 is 0 Å². The molecule has 0 spiro atoms. The maximum Gasteiger partial charge on any atom is 0.417 e. The molecule has 0 saturated heterocycles. The van der Waals surface area contributed by atoms with E-state index in [1.165, 1.54) is 6.07 Å². The summed E-state index contributed by atoms with van der Waals surface area (Å²) in [5.74, 6) is 0. The highest BCUT2D eigenvalue weighted by Gasteiger charge is 2.34. The second kappa shape index (κ2) is 6.59. The van der Waals surface area contributed by atoms with Crippen molar-refractivity contribution in [2.24, 2.45) is 0 Å². The van der Waals surface area contributed by atoms with Crippen LogP contribution in [0.15, 0.2) is 36.7 Å². The molecule has 0 N–H and O–H groups in total. The molecule has 1 aliphatic rings. The summed E-state index contributed by atoms with van der Waals surface area (Å²) in [6.45, 7) is 2.45. The molecule has 2 aromatic rings. The van der Waals surface area contributed by atoms with Crippen LogP contribution in [0, 0.1) is 11.3 Å². The van der Waals surface area contributed by atoms with Gasteiger partial charge in [0.2, 0.25) is 0 Å². The Morgan fingerprint density at radius 1 is 1.40 bits per heavy atom. The SMILES string of the molecule is CCN(c1ccc(C#N)c(C(F)(F)F)c1)C1C=C(n2ccnn2)CC1. The lowest BCUT2D eigenvalue weighted by atomic mass is 10.1. The number of aromatic nitrogens is 3. The van der Waals surface area contributed by atoms with E-state index in [2.05, 4.69) is 10.3 Å². The Bertz CT molecular complexity index is 818. The Balaban J connectivity index is 1.93. The Kier molecular flexibility index (Phi) is 4.49. The molecule has 1 aromatic carbocycles. The van der Waals surface area contributed by atoms with Crippen molar-refractivity contribution >= 4 is 11.4 Å². The van der Waals surface area contributed by atoms with Gasteiger partial charge in [-0.05, 0) is 44.0 Å². The number of rotatable bonds is 4. The fourth-order valence-electron chi connectivity index (χ4n) is 3.13. The summed E-state index contributed by atoms with van der Waals surface area (Å²) in [5.41, 5.74) is 0.169. The van der Waals surface area contributed by atoms with E-state index in [1.807, 2.05) is 17.9 Å². The number of nitrogens with zero attached hydrogens (tertiary/aromatic N) is 5. The Hall–Kier alpha value is -2.82. The highest BCUT2D eigenvalue weighted by molar-refractivity contribution is 5.59. The number of allylic oxidation sites excluding steroid dienone is 1. The second-order valence-corrected chi connectivity index (χ2v) is 5.74. The molecule has 1 aromatic heterocycles. The van der Waals surface area contributed by atoms with Crippen molar-refractivity contribution in [2.45, 2.75) is 32.0 Å². The van der Waals surface area contributed by atoms with Gasteiger partial charge >= 0.3 is 6.18 Å². The van der Waals surface area contributed by atoms with Crippen LogP contribution in [0.25, 0.3) is 5.70 Å². The van der Waals surface area contributed by atoms with E-state index in [0.29, 0.717) is 12.2 Å². The molecule has 5 nitrogen and oxygen atoms in total. The van der Waals surface area contributed by atoms with Gasteiger partial charge in [-0.1, -0.05) is 5.21 Å². The van der Waals surface area contributed by atoms with Crippen LogP contribution < -0.4 is 4.90 Å². The van der Waals surface area contributed by atoms with Gasteiger partial charge in [0.05, 0.1) is 29.6 Å². The number of hydrogen-bond acceptors (Lipinski definition) is 4. The molecular formula is C17H16F3N5. The number of hydrogen-bond donors (Lipinski definition) is 0. The van der Waals surface area contributed by atoms with Crippen LogP contribution in [0.3, 0.4) is 0 Å². The van der Waals surface area contributed by atoms with Crippen LogP contribution >= 0.6 is 0 Å². The number of halogens is 3. The number of benzene rings is 1. The van der Waals surface area contributed by atoms with E-state index in [9.17, 15) is 13.2 Å². The number of alkyl halides is 3. The van der Waals surface area contributed by atoms with Gasteiger partial charge in [-0.3, -0.25) is 0 Å². The second-order valence-electron chi connectivity index (χ2n) is 5.74. The van der Waals surface area contributed by atoms with Crippen molar-refractivity contribution in [1.82, 2.24) is 15.0 Å². The molecule has 1 atom stereocenters. The molecule has 0 fully saturated rings. The summed E-state index contributed by atoms with van der Waals surface area (Å²) in [5, 5.41) is 16.7. The van der Waals surface area contributed by atoms with Crippen molar-refractivity contribution in [3.8, 4) is 6.07 Å². The zero-order chi connectivity index (χ0) is 18.0. The average molecular weight is 347 g/mol. The van der Waals surface area contributed by atoms with Gasteiger partial charge in [-0.15, -0.1) is 5.10 Å². The highest BCUT2D eigenvalue weighted by Crippen LogP contribution is 2.36. The number of likely N-dealkylation sites (N-methyl/N-ethyl adjacent to an activating group) is 1.